The molecule has 158 valence electrons. The van der Waals surface area contributed by atoms with Crippen molar-refractivity contribution in [2.45, 2.75) is 18.9 Å². The normalized spacial score (nSPS) is 11.4. The topological polar surface area (TPSA) is 72.5 Å². The van der Waals surface area contributed by atoms with Gasteiger partial charge in [0.05, 0.1) is 6.42 Å². The monoisotopic (exact) mass is 455 g/mol. The highest BCUT2D eigenvalue weighted by Gasteiger charge is 2.26. The highest BCUT2D eigenvalue weighted by atomic mass is 35.5. The molecule has 0 saturated heterocycles. The second-order valence-corrected chi connectivity index (χ2v) is 7.58. The Morgan fingerprint density at radius 1 is 0.806 bits per heavy atom. The van der Waals surface area contributed by atoms with Crippen molar-refractivity contribution in [1.29, 1.82) is 0 Å². The van der Waals surface area contributed by atoms with Gasteiger partial charge < -0.3 is 10.1 Å². The van der Waals surface area contributed by atoms with Crippen molar-refractivity contribution < 1.29 is 19.1 Å². The summed E-state index contributed by atoms with van der Waals surface area (Å²) in [5.74, 6) is -1.39. The summed E-state index contributed by atoms with van der Waals surface area (Å²) in [7, 11) is 0. The average Bonchev–Trinajstić information content (AvgIpc) is 2.77. The van der Waals surface area contributed by atoms with Crippen LogP contribution in [0.1, 0.15) is 34.9 Å². The third-order valence-corrected chi connectivity index (χ3v) is 4.87. The summed E-state index contributed by atoms with van der Waals surface area (Å²) in [5.41, 5.74) is 1.44. The number of anilines is 1. The number of rotatable bonds is 8. The summed E-state index contributed by atoms with van der Waals surface area (Å²) in [6, 6.07) is 21.7. The van der Waals surface area contributed by atoms with Crippen molar-refractivity contribution in [2.24, 2.45) is 0 Å². The van der Waals surface area contributed by atoms with Gasteiger partial charge in [-0.3, -0.25) is 14.4 Å². The molecule has 0 aliphatic heterocycles. The van der Waals surface area contributed by atoms with Gasteiger partial charge in [-0.05, 0) is 30.3 Å². The van der Waals surface area contributed by atoms with Crippen LogP contribution in [0.4, 0.5) is 5.69 Å². The van der Waals surface area contributed by atoms with Crippen molar-refractivity contribution >= 4 is 46.5 Å². The molecule has 31 heavy (non-hydrogen) atoms. The minimum atomic E-state index is -1.14. The number of Topliss-reactive ketones (excluding diaryl/α,β-unsaturated/α-hetero) is 1. The summed E-state index contributed by atoms with van der Waals surface area (Å²) in [5, 5.41) is 3.65. The van der Waals surface area contributed by atoms with E-state index in [1.54, 1.807) is 78.9 Å². The van der Waals surface area contributed by atoms with Crippen molar-refractivity contribution in [3.63, 3.8) is 0 Å². The van der Waals surface area contributed by atoms with Gasteiger partial charge in [0.15, 0.2) is 6.10 Å². The molecule has 0 unspecified atom stereocenters. The first-order valence-corrected chi connectivity index (χ1v) is 10.3. The van der Waals surface area contributed by atoms with E-state index in [0.29, 0.717) is 26.9 Å². The van der Waals surface area contributed by atoms with Gasteiger partial charge in [-0.2, -0.15) is 0 Å². The molecule has 5 nitrogen and oxygen atoms in total. The Balaban J connectivity index is 1.66. The maximum atomic E-state index is 13.0. The molecule has 0 saturated carbocycles. The summed E-state index contributed by atoms with van der Waals surface area (Å²) in [6.07, 6.45) is -1.42. The molecule has 3 aromatic rings. The van der Waals surface area contributed by atoms with E-state index in [1.165, 1.54) is 0 Å². The fourth-order valence-corrected chi connectivity index (χ4v) is 3.18. The number of carbonyl (C=O) groups excluding carboxylic acids is 3. The molecular formula is C24H19Cl2NO4. The predicted molar refractivity (Wildman–Crippen MR) is 120 cm³/mol. The van der Waals surface area contributed by atoms with Crippen molar-refractivity contribution in [1.82, 2.24) is 0 Å². The Kier molecular flexibility index (Phi) is 7.82. The average molecular weight is 456 g/mol. The van der Waals surface area contributed by atoms with Gasteiger partial charge in [0.2, 0.25) is 11.7 Å². The van der Waals surface area contributed by atoms with Crippen LogP contribution in [0.3, 0.4) is 0 Å². The lowest BCUT2D eigenvalue weighted by Gasteiger charge is -2.17. The minimum absolute atomic E-state index is 0.0990. The van der Waals surface area contributed by atoms with Crippen molar-refractivity contribution in [3.05, 3.63) is 100 Å². The number of hydrogen-bond acceptors (Lipinski definition) is 4. The molecule has 0 bridgehead atoms. The molecular weight excluding hydrogens is 437 g/mol. The van der Waals surface area contributed by atoms with Crippen LogP contribution < -0.4 is 5.32 Å². The molecule has 1 atom stereocenters. The fraction of sp³-hybridized carbons (Fsp3) is 0.125. The Morgan fingerprint density at radius 2 is 1.52 bits per heavy atom. The number of nitrogens with one attached hydrogen (secondary N) is 1. The Bertz CT molecular complexity index is 1070. The van der Waals surface area contributed by atoms with E-state index in [0.717, 1.165) is 0 Å². The zero-order valence-electron chi connectivity index (χ0n) is 16.4. The van der Waals surface area contributed by atoms with Crippen LogP contribution in [-0.2, 0) is 14.3 Å². The Hall–Kier alpha value is -3.15. The van der Waals surface area contributed by atoms with E-state index >= 15 is 0 Å². The second-order valence-electron chi connectivity index (χ2n) is 6.71. The minimum Gasteiger partial charge on any atom is -0.449 e. The molecule has 7 heteroatoms. The van der Waals surface area contributed by atoms with E-state index in [4.69, 9.17) is 27.9 Å². The van der Waals surface area contributed by atoms with Crippen LogP contribution in [-0.4, -0.2) is 17.7 Å². The SMILES string of the molecule is O=C(CCC(=O)O[C@@H](C(=O)c1ccccc1)c1ccc(Cl)cc1)Nc1cccc(Cl)c1. The van der Waals surface area contributed by atoms with Gasteiger partial charge in [0.25, 0.3) is 0 Å². The van der Waals surface area contributed by atoms with E-state index in [1.807, 2.05) is 0 Å². The Morgan fingerprint density at radius 3 is 2.19 bits per heavy atom. The number of ketones is 1. The third-order valence-electron chi connectivity index (χ3n) is 4.38. The van der Waals surface area contributed by atoms with Crippen LogP contribution in [0.25, 0.3) is 0 Å². The molecule has 0 spiro atoms. The quantitative estimate of drug-likeness (QED) is 0.340. The number of benzene rings is 3. The lowest BCUT2D eigenvalue weighted by atomic mass is 10.00. The first-order valence-electron chi connectivity index (χ1n) is 9.52. The lowest BCUT2D eigenvalue weighted by Crippen LogP contribution is -2.21. The van der Waals surface area contributed by atoms with Crippen LogP contribution in [0, 0.1) is 0 Å². The Labute approximate surface area is 189 Å². The summed E-state index contributed by atoms with van der Waals surface area (Å²) in [6.45, 7) is 0. The number of esters is 1. The molecule has 1 amide bonds. The largest absolute Gasteiger partial charge is 0.449 e. The molecule has 0 aliphatic rings. The van der Waals surface area contributed by atoms with E-state index in [-0.39, 0.29) is 24.5 Å². The first kappa shape index (κ1) is 22.5. The van der Waals surface area contributed by atoms with Crippen LogP contribution in [0.15, 0.2) is 78.9 Å². The van der Waals surface area contributed by atoms with E-state index in [2.05, 4.69) is 5.32 Å². The smallest absolute Gasteiger partial charge is 0.307 e. The van der Waals surface area contributed by atoms with Crippen LogP contribution >= 0.6 is 23.2 Å². The van der Waals surface area contributed by atoms with Gasteiger partial charge in [-0.1, -0.05) is 71.7 Å². The van der Waals surface area contributed by atoms with E-state index < -0.39 is 12.1 Å². The zero-order chi connectivity index (χ0) is 22.2. The number of halogens is 2. The van der Waals surface area contributed by atoms with Crippen LogP contribution in [0.2, 0.25) is 10.0 Å². The maximum absolute atomic E-state index is 13.0. The number of ether oxygens (including phenoxy) is 1. The van der Waals surface area contributed by atoms with Gasteiger partial charge in [-0.15, -0.1) is 0 Å². The van der Waals surface area contributed by atoms with Crippen molar-refractivity contribution in [3.8, 4) is 0 Å². The molecule has 1 N–H and O–H groups in total. The highest BCUT2D eigenvalue weighted by Crippen LogP contribution is 2.25. The molecule has 0 heterocycles. The summed E-state index contributed by atoms with van der Waals surface area (Å²) >= 11 is 11.8. The van der Waals surface area contributed by atoms with E-state index in [9.17, 15) is 14.4 Å². The number of carbonyl (C=O) groups is 3. The van der Waals surface area contributed by atoms with Crippen molar-refractivity contribution in [2.75, 3.05) is 5.32 Å². The maximum Gasteiger partial charge on any atom is 0.307 e. The van der Waals surface area contributed by atoms with Gasteiger partial charge in [-0.25, -0.2) is 0 Å². The molecule has 0 aliphatic carbocycles. The standard InChI is InChI=1S/C24H19Cl2NO4/c25-18-11-9-17(10-12-18)24(23(30)16-5-2-1-3-6-16)31-22(29)14-13-21(28)27-20-8-4-7-19(26)15-20/h1-12,15,24H,13-14H2,(H,27,28)/t24-/m1/s1. The van der Waals surface area contributed by atoms with Gasteiger partial charge in [0.1, 0.15) is 0 Å². The molecule has 0 radical (unpaired) electrons. The molecule has 3 aromatic carbocycles. The fourth-order valence-electron chi connectivity index (χ4n) is 2.86. The van der Waals surface area contributed by atoms with Gasteiger partial charge >= 0.3 is 5.97 Å². The second kappa shape index (κ2) is 10.8. The molecule has 3 rings (SSSR count). The summed E-state index contributed by atoms with van der Waals surface area (Å²) in [4.78, 5) is 37.5. The third kappa shape index (κ3) is 6.67. The predicted octanol–water partition coefficient (Wildman–Crippen LogP) is 5.88. The van der Waals surface area contributed by atoms with Crippen LogP contribution in [0.5, 0.6) is 0 Å². The molecule has 0 fully saturated rings. The number of amides is 1. The zero-order valence-corrected chi connectivity index (χ0v) is 17.9. The lowest BCUT2D eigenvalue weighted by molar-refractivity contribution is -0.148. The van der Waals surface area contributed by atoms with Gasteiger partial charge in [0, 0.05) is 33.3 Å². The first-order chi connectivity index (χ1) is 14.9. The summed E-state index contributed by atoms with van der Waals surface area (Å²) < 4.78 is 5.48. The molecule has 0 aromatic heterocycles. The highest BCUT2D eigenvalue weighted by molar-refractivity contribution is 6.31. The number of hydrogen-bond donors (Lipinski definition) is 1.